The molecule has 6 nitrogen and oxygen atoms in total. The number of nitrogens with one attached hydrogen (secondary N) is 2. The Morgan fingerprint density at radius 1 is 1.11 bits per heavy atom. The van der Waals surface area contributed by atoms with E-state index in [1.807, 2.05) is 18.5 Å². The van der Waals surface area contributed by atoms with Gasteiger partial charge in [-0.1, -0.05) is 0 Å². The van der Waals surface area contributed by atoms with Crippen molar-refractivity contribution in [2.24, 2.45) is 0 Å². The van der Waals surface area contributed by atoms with Crippen molar-refractivity contribution >= 4 is 5.95 Å². The Labute approximate surface area is 113 Å². The van der Waals surface area contributed by atoms with E-state index in [4.69, 9.17) is 0 Å². The van der Waals surface area contributed by atoms with E-state index in [0.29, 0.717) is 5.95 Å². The summed E-state index contributed by atoms with van der Waals surface area (Å²) in [6, 6.07) is 1.81. The molecule has 0 spiro atoms. The lowest BCUT2D eigenvalue weighted by molar-refractivity contribution is 0.602. The van der Waals surface area contributed by atoms with Gasteiger partial charge in [0.15, 0.2) is 0 Å². The molecule has 0 unspecified atom stereocenters. The smallest absolute Gasteiger partial charge is 0.222 e. The van der Waals surface area contributed by atoms with E-state index < -0.39 is 0 Å². The maximum atomic E-state index is 4.32. The van der Waals surface area contributed by atoms with Crippen molar-refractivity contribution in [3.63, 3.8) is 0 Å². The van der Waals surface area contributed by atoms with E-state index in [1.54, 1.807) is 12.4 Å². The van der Waals surface area contributed by atoms with Gasteiger partial charge in [0.05, 0.1) is 6.54 Å². The summed E-state index contributed by atoms with van der Waals surface area (Å²) in [5.41, 5.74) is 0. The van der Waals surface area contributed by atoms with Crippen molar-refractivity contribution in [3.8, 4) is 0 Å². The van der Waals surface area contributed by atoms with E-state index in [9.17, 15) is 0 Å². The molecule has 0 amide bonds. The summed E-state index contributed by atoms with van der Waals surface area (Å²) >= 11 is 0. The fourth-order valence-corrected chi connectivity index (χ4v) is 1.80. The van der Waals surface area contributed by atoms with Gasteiger partial charge in [-0.05, 0) is 26.0 Å². The minimum absolute atomic E-state index is 0.684. The topological polar surface area (TPSA) is 67.7 Å². The van der Waals surface area contributed by atoms with Crippen LogP contribution in [0.4, 0.5) is 5.95 Å². The van der Waals surface area contributed by atoms with Gasteiger partial charge in [0.25, 0.3) is 0 Å². The first-order valence-corrected chi connectivity index (χ1v) is 6.61. The quantitative estimate of drug-likeness (QED) is 0.700. The second kappa shape index (κ2) is 7.48. The molecular weight excluding hydrogens is 240 g/mol. The molecule has 0 aromatic carbocycles. The summed E-state index contributed by atoms with van der Waals surface area (Å²) in [5.74, 6) is 1.77. The lowest BCUT2D eigenvalue weighted by atomic mass is 10.4. The van der Waals surface area contributed by atoms with Crippen LogP contribution in [0.1, 0.15) is 19.2 Å². The number of hydrogen-bond acceptors (Lipinski definition) is 5. The molecule has 0 aliphatic heterocycles. The molecule has 0 radical (unpaired) electrons. The largest absolute Gasteiger partial charge is 0.354 e. The summed E-state index contributed by atoms with van der Waals surface area (Å²) in [6.07, 6.45) is 8.33. The molecular formula is C13H20N6. The van der Waals surface area contributed by atoms with Gasteiger partial charge in [-0.15, -0.1) is 0 Å². The van der Waals surface area contributed by atoms with Crippen LogP contribution in [0.15, 0.2) is 30.9 Å². The van der Waals surface area contributed by atoms with Crippen LogP contribution < -0.4 is 10.6 Å². The number of imidazole rings is 1. The van der Waals surface area contributed by atoms with Crippen LogP contribution in [0.5, 0.6) is 0 Å². The average Bonchev–Trinajstić information content (AvgIpc) is 2.91. The molecule has 0 saturated carbocycles. The van der Waals surface area contributed by atoms with Gasteiger partial charge in [0.1, 0.15) is 5.82 Å². The van der Waals surface area contributed by atoms with Crippen molar-refractivity contribution in [1.29, 1.82) is 0 Å². The third kappa shape index (κ3) is 4.33. The molecule has 2 aromatic heterocycles. The van der Waals surface area contributed by atoms with E-state index in [-0.39, 0.29) is 0 Å². The molecule has 2 aromatic rings. The number of aryl methyl sites for hydroxylation is 1. The Morgan fingerprint density at radius 2 is 1.95 bits per heavy atom. The first kappa shape index (κ1) is 13.5. The van der Waals surface area contributed by atoms with Crippen LogP contribution in [0, 0.1) is 0 Å². The summed E-state index contributed by atoms with van der Waals surface area (Å²) in [7, 11) is 0. The van der Waals surface area contributed by atoms with Crippen molar-refractivity contribution in [1.82, 2.24) is 24.8 Å². The maximum absolute atomic E-state index is 4.32. The highest BCUT2D eigenvalue weighted by atomic mass is 15.1. The predicted molar refractivity (Wildman–Crippen MR) is 74.7 cm³/mol. The molecule has 0 aliphatic carbocycles. The first-order valence-electron chi connectivity index (χ1n) is 6.61. The lowest BCUT2D eigenvalue weighted by Gasteiger charge is -2.07. The lowest BCUT2D eigenvalue weighted by Crippen LogP contribution is -2.20. The second-order valence-electron chi connectivity index (χ2n) is 4.16. The number of rotatable bonds is 8. The normalized spacial score (nSPS) is 10.6. The Hall–Kier alpha value is -1.95. The molecule has 2 heterocycles. The van der Waals surface area contributed by atoms with E-state index in [1.165, 1.54) is 0 Å². The number of nitrogens with zero attached hydrogens (tertiary/aromatic N) is 4. The Balaban J connectivity index is 1.58. The van der Waals surface area contributed by atoms with E-state index in [2.05, 4.69) is 37.1 Å². The Kier molecular flexibility index (Phi) is 5.31. The van der Waals surface area contributed by atoms with Crippen molar-refractivity contribution < 1.29 is 0 Å². The van der Waals surface area contributed by atoms with Gasteiger partial charge in [0.2, 0.25) is 5.95 Å². The monoisotopic (exact) mass is 260 g/mol. The zero-order valence-corrected chi connectivity index (χ0v) is 11.2. The molecule has 6 heteroatoms. The highest BCUT2D eigenvalue weighted by molar-refractivity contribution is 5.21. The molecule has 19 heavy (non-hydrogen) atoms. The predicted octanol–water partition coefficient (Wildman–Crippen LogP) is 1.28. The van der Waals surface area contributed by atoms with Gasteiger partial charge in [0, 0.05) is 37.9 Å². The summed E-state index contributed by atoms with van der Waals surface area (Å²) in [5, 5.41) is 6.56. The maximum Gasteiger partial charge on any atom is 0.222 e. The summed E-state index contributed by atoms with van der Waals surface area (Å²) in [6.45, 7) is 5.69. The fraction of sp³-hybridized carbons (Fsp3) is 0.462. The number of hydrogen-bond donors (Lipinski definition) is 2. The molecule has 0 fully saturated rings. The molecule has 0 bridgehead atoms. The average molecular weight is 260 g/mol. The first-order chi connectivity index (χ1) is 9.40. The zero-order chi connectivity index (χ0) is 13.3. The van der Waals surface area contributed by atoms with Gasteiger partial charge in [-0.2, -0.15) is 0 Å². The van der Waals surface area contributed by atoms with Crippen LogP contribution in [-0.2, 0) is 13.1 Å². The van der Waals surface area contributed by atoms with Crippen molar-refractivity contribution in [2.75, 3.05) is 18.4 Å². The Morgan fingerprint density at radius 3 is 2.74 bits per heavy atom. The van der Waals surface area contributed by atoms with Gasteiger partial charge < -0.3 is 15.2 Å². The highest BCUT2D eigenvalue weighted by Crippen LogP contribution is 1.97. The van der Waals surface area contributed by atoms with E-state index in [0.717, 1.165) is 38.4 Å². The third-order valence-electron chi connectivity index (χ3n) is 2.80. The van der Waals surface area contributed by atoms with Crippen molar-refractivity contribution in [2.45, 2.75) is 26.4 Å². The van der Waals surface area contributed by atoms with Crippen LogP contribution in [0.2, 0.25) is 0 Å². The summed E-state index contributed by atoms with van der Waals surface area (Å²) in [4.78, 5) is 12.5. The van der Waals surface area contributed by atoms with Gasteiger partial charge >= 0.3 is 0 Å². The second-order valence-corrected chi connectivity index (χ2v) is 4.16. The van der Waals surface area contributed by atoms with E-state index >= 15 is 0 Å². The molecule has 102 valence electrons. The van der Waals surface area contributed by atoms with Gasteiger partial charge in [-0.25, -0.2) is 15.0 Å². The standard InChI is InChI=1S/C13H20N6/c1-2-19-10-9-15-12(19)11-14-5-3-6-16-13-17-7-4-8-18-13/h4,7-10,14H,2-3,5-6,11H2,1H3,(H,16,17,18). The molecule has 2 N–H and O–H groups in total. The van der Waals surface area contributed by atoms with Gasteiger partial charge in [-0.3, -0.25) is 0 Å². The molecule has 2 rings (SSSR count). The highest BCUT2D eigenvalue weighted by Gasteiger charge is 1.99. The number of anilines is 1. The molecule has 0 saturated heterocycles. The Bertz CT molecular complexity index is 467. The minimum Gasteiger partial charge on any atom is -0.354 e. The van der Waals surface area contributed by atoms with Crippen LogP contribution in [0.25, 0.3) is 0 Å². The van der Waals surface area contributed by atoms with Crippen molar-refractivity contribution in [3.05, 3.63) is 36.7 Å². The SMILES string of the molecule is CCn1ccnc1CNCCCNc1ncccn1. The van der Waals surface area contributed by atoms with Crippen LogP contribution in [0.3, 0.4) is 0 Å². The zero-order valence-electron chi connectivity index (χ0n) is 11.2. The fourth-order valence-electron chi connectivity index (χ4n) is 1.80. The number of aromatic nitrogens is 4. The molecule has 0 atom stereocenters. The summed E-state index contributed by atoms with van der Waals surface area (Å²) < 4.78 is 2.14. The van der Waals surface area contributed by atoms with Crippen LogP contribution >= 0.6 is 0 Å². The third-order valence-corrected chi connectivity index (χ3v) is 2.80. The minimum atomic E-state index is 0.684. The van der Waals surface area contributed by atoms with Crippen LogP contribution in [-0.4, -0.2) is 32.6 Å². The molecule has 0 aliphatic rings.